The monoisotopic (exact) mass is 583 g/mol. The number of aromatic nitrogens is 3. The molecule has 0 aliphatic heterocycles. The first kappa shape index (κ1) is 27.2. The summed E-state index contributed by atoms with van der Waals surface area (Å²) in [6.45, 7) is 1.97. The van der Waals surface area contributed by atoms with Gasteiger partial charge in [-0.15, -0.1) is 0 Å². The molecule has 0 spiro atoms. The highest BCUT2D eigenvalue weighted by atomic mass is 32.2. The molecule has 3 aromatic carbocycles. The Balaban J connectivity index is 1.64. The largest absolute Gasteiger partial charge is 0.455 e. The van der Waals surface area contributed by atoms with Crippen molar-refractivity contribution in [1.82, 2.24) is 19.9 Å². The molecule has 6 aromatic rings. The third-order valence-electron chi connectivity index (χ3n) is 7.24. The second-order valence-corrected chi connectivity index (χ2v) is 12.0. The molecule has 9 nitrogen and oxygen atoms in total. The molecule has 11 heteroatoms. The fraction of sp³-hybridized carbons (Fsp3) is 0.129. The minimum Gasteiger partial charge on any atom is -0.455 e. The van der Waals surface area contributed by atoms with Crippen molar-refractivity contribution in [3.05, 3.63) is 96.3 Å². The molecule has 212 valence electrons. The number of hydrogen-bond donors (Lipinski definition) is 1. The predicted octanol–water partition coefficient (Wildman–Crippen LogP) is 5.70. The number of carbonyl (C=O) groups excluding carboxylic acids is 1. The second kappa shape index (κ2) is 10.1. The van der Waals surface area contributed by atoms with Gasteiger partial charge in [0.1, 0.15) is 23.5 Å². The molecule has 1 N–H and O–H groups in total. The number of halogens is 1. The molecule has 1 amide bonds. The standard InChI is InChI=1S/C31H26FN5O4S/c1-18-5-7-19(8-6-18)30-29(31(38)33-2)24-13-23(26(14-28(24)41-30)36(3)42(4,39)40)20-9-10-25-27(11-20)37(17-35-25)22-12-21(32)15-34-16-22/h5-17H,1-4H3,(H,33,38). The van der Waals surface area contributed by atoms with Crippen molar-refractivity contribution in [2.24, 2.45) is 0 Å². The Kier molecular flexibility index (Phi) is 6.53. The fourth-order valence-corrected chi connectivity index (χ4v) is 5.48. The SMILES string of the molecule is CNC(=O)c1c(-c2ccc(C)cc2)oc2cc(N(C)S(C)(=O)=O)c(-c3ccc4ncn(-c5cncc(F)c5)c4c3)cc12. The summed E-state index contributed by atoms with van der Waals surface area (Å²) in [5.74, 6) is -0.452. The normalized spacial score (nSPS) is 11.7. The highest BCUT2D eigenvalue weighted by Gasteiger charge is 2.26. The number of rotatable bonds is 6. The fourth-order valence-electron chi connectivity index (χ4n) is 4.97. The maximum atomic E-state index is 14.0. The summed E-state index contributed by atoms with van der Waals surface area (Å²) in [6, 6.07) is 17.8. The van der Waals surface area contributed by atoms with Crippen molar-refractivity contribution in [3.63, 3.8) is 0 Å². The number of benzene rings is 3. The molecular weight excluding hydrogens is 557 g/mol. The molecule has 0 aliphatic carbocycles. The molecule has 42 heavy (non-hydrogen) atoms. The minimum atomic E-state index is -3.68. The van der Waals surface area contributed by atoms with Gasteiger partial charge in [-0.3, -0.25) is 18.7 Å². The highest BCUT2D eigenvalue weighted by molar-refractivity contribution is 7.92. The number of aryl methyl sites for hydroxylation is 1. The van der Waals surface area contributed by atoms with Gasteiger partial charge in [-0.1, -0.05) is 35.9 Å². The maximum Gasteiger partial charge on any atom is 0.255 e. The maximum absolute atomic E-state index is 14.0. The summed E-state index contributed by atoms with van der Waals surface area (Å²) < 4.78 is 48.6. The Morgan fingerprint density at radius 2 is 1.76 bits per heavy atom. The molecule has 0 aliphatic rings. The van der Waals surface area contributed by atoms with Gasteiger partial charge in [0.15, 0.2) is 0 Å². The quantitative estimate of drug-likeness (QED) is 0.269. The molecule has 3 aromatic heterocycles. The van der Waals surface area contributed by atoms with Crippen LogP contribution in [0.2, 0.25) is 0 Å². The van der Waals surface area contributed by atoms with Crippen molar-refractivity contribution < 1.29 is 22.0 Å². The van der Waals surface area contributed by atoms with Gasteiger partial charge in [-0.2, -0.15) is 0 Å². The number of carbonyl (C=O) groups is 1. The Morgan fingerprint density at radius 3 is 2.45 bits per heavy atom. The number of nitrogens with zero attached hydrogens (tertiary/aromatic N) is 4. The summed E-state index contributed by atoms with van der Waals surface area (Å²) in [7, 11) is -0.671. The number of imidazole rings is 1. The Labute approximate surface area is 241 Å². The lowest BCUT2D eigenvalue weighted by Crippen LogP contribution is -2.25. The lowest BCUT2D eigenvalue weighted by molar-refractivity contribution is 0.0964. The first-order valence-corrected chi connectivity index (χ1v) is 14.8. The van der Waals surface area contributed by atoms with E-state index in [4.69, 9.17) is 4.42 Å². The first-order chi connectivity index (χ1) is 20.0. The van der Waals surface area contributed by atoms with Crippen LogP contribution in [0.1, 0.15) is 15.9 Å². The number of hydrogen-bond acceptors (Lipinski definition) is 6. The Morgan fingerprint density at radius 1 is 1.02 bits per heavy atom. The molecule has 0 saturated heterocycles. The summed E-state index contributed by atoms with van der Waals surface area (Å²) in [5.41, 5.74) is 5.81. The molecule has 0 unspecified atom stereocenters. The van der Waals surface area contributed by atoms with E-state index in [9.17, 15) is 17.6 Å². The number of furan rings is 1. The van der Waals surface area contributed by atoms with Crippen molar-refractivity contribution in [2.75, 3.05) is 24.7 Å². The van der Waals surface area contributed by atoms with Gasteiger partial charge in [-0.25, -0.2) is 17.8 Å². The summed E-state index contributed by atoms with van der Waals surface area (Å²) in [6.07, 6.45) is 5.34. The van der Waals surface area contributed by atoms with Gasteiger partial charge in [-0.05, 0) is 30.7 Å². The molecule has 3 heterocycles. The molecule has 0 radical (unpaired) electrons. The van der Waals surface area contributed by atoms with E-state index in [0.29, 0.717) is 61.4 Å². The zero-order chi connectivity index (χ0) is 29.8. The molecule has 0 fully saturated rings. The van der Waals surface area contributed by atoms with Gasteiger partial charge in [0.05, 0.1) is 46.6 Å². The van der Waals surface area contributed by atoms with Gasteiger partial charge >= 0.3 is 0 Å². The third-order valence-corrected chi connectivity index (χ3v) is 8.43. The van der Waals surface area contributed by atoms with E-state index < -0.39 is 15.8 Å². The zero-order valence-corrected chi connectivity index (χ0v) is 24.0. The predicted molar refractivity (Wildman–Crippen MR) is 161 cm³/mol. The molecule has 0 atom stereocenters. The van der Waals surface area contributed by atoms with Crippen LogP contribution in [0.15, 0.2) is 83.8 Å². The van der Waals surface area contributed by atoms with Crippen LogP contribution in [-0.2, 0) is 10.0 Å². The van der Waals surface area contributed by atoms with Crippen LogP contribution >= 0.6 is 0 Å². The number of nitrogens with one attached hydrogen (secondary N) is 1. The van der Waals surface area contributed by atoms with Crippen LogP contribution in [0, 0.1) is 12.7 Å². The van der Waals surface area contributed by atoms with E-state index in [1.54, 1.807) is 36.1 Å². The van der Waals surface area contributed by atoms with E-state index in [1.807, 2.05) is 43.3 Å². The average molecular weight is 584 g/mol. The van der Waals surface area contributed by atoms with Crippen molar-refractivity contribution >= 4 is 43.6 Å². The minimum absolute atomic E-state index is 0.336. The molecule has 0 saturated carbocycles. The Bertz CT molecular complexity index is 2120. The summed E-state index contributed by atoms with van der Waals surface area (Å²) in [5, 5.41) is 3.22. The van der Waals surface area contributed by atoms with Gasteiger partial charge in [0, 0.05) is 42.7 Å². The molecular formula is C31H26FN5O4S. The lowest BCUT2D eigenvalue weighted by atomic mass is 9.98. The van der Waals surface area contributed by atoms with Crippen molar-refractivity contribution in [1.29, 1.82) is 0 Å². The van der Waals surface area contributed by atoms with E-state index in [1.165, 1.54) is 23.6 Å². The number of pyridine rings is 1. The first-order valence-electron chi connectivity index (χ1n) is 13.0. The number of fused-ring (bicyclic) bond motifs is 2. The van der Waals surface area contributed by atoms with Crippen LogP contribution in [0.4, 0.5) is 10.1 Å². The van der Waals surface area contributed by atoms with Crippen LogP contribution in [-0.4, -0.2) is 49.2 Å². The van der Waals surface area contributed by atoms with Crippen LogP contribution in [0.5, 0.6) is 0 Å². The van der Waals surface area contributed by atoms with Crippen molar-refractivity contribution in [2.45, 2.75) is 6.92 Å². The third kappa shape index (κ3) is 4.67. The van der Waals surface area contributed by atoms with E-state index in [2.05, 4.69) is 15.3 Å². The highest BCUT2D eigenvalue weighted by Crippen LogP contribution is 2.42. The Hall–Kier alpha value is -5.03. The summed E-state index contributed by atoms with van der Waals surface area (Å²) in [4.78, 5) is 21.6. The second-order valence-electron chi connectivity index (χ2n) is 10.0. The number of sulfonamides is 1. The zero-order valence-electron chi connectivity index (χ0n) is 23.2. The van der Waals surface area contributed by atoms with Crippen molar-refractivity contribution in [3.8, 4) is 28.1 Å². The molecule has 6 rings (SSSR count). The number of anilines is 1. The van der Waals surface area contributed by atoms with E-state index in [0.717, 1.165) is 18.0 Å². The smallest absolute Gasteiger partial charge is 0.255 e. The van der Waals surface area contributed by atoms with Gasteiger partial charge in [0.2, 0.25) is 10.0 Å². The van der Waals surface area contributed by atoms with E-state index in [-0.39, 0.29) is 5.91 Å². The van der Waals surface area contributed by atoms with Crippen LogP contribution < -0.4 is 9.62 Å². The van der Waals surface area contributed by atoms with Crippen LogP contribution in [0.25, 0.3) is 50.1 Å². The van der Waals surface area contributed by atoms with Gasteiger partial charge < -0.3 is 9.73 Å². The van der Waals surface area contributed by atoms with Crippen LogP contribution in [0.3, 0.4) is 0 Å². The summed E-state index contributed by atoms with van der Waals surface area (Å²) >= 11 is 0. The van der Waals surface area contributed by atoms with Gasteiger partial charge in [0.25, 0.3) is 5.91 Å². The lowest BCUT2D eigenvalue weighted by Gasteiger charge is -2.21. The molecule has 0 bridgehead atoms. The number of amides is 1. The topological polar surface area (TPSA) is 110 Å². The van der Waals surface area contributed by atoms with E-state index >= 15 is 0 Å². The average Bonchev–Trinajstić information content (AvgIpc) is 3.56.